The highest BCUT2D eigenvalue weighted by Crippen LogP contribution is 2.22. The molecule has 1 atom stereocenters. The summed E-state index contributed by atoms with van der Waals surface area (Å²) in [5, 5.41) is 3.04. The number of hydrogen-bond donors (Lipinski definition) is 1. The number of likely N-dealkylation sites (tertiary alicyclic amines) is 1. The molecule has 1 N–H and O–H groups in total. The van der Waals surface area contributed by atoms with E-state index in [1.54, 1.807) is 0 Å². The van der Waals surface area contributed by atoms with Crippen LogP contribution >= 0.6 is 0 Å². The van der Waals surface area contributed by atoms with Crippen LogP contribution in [0.25, 0.3) is 0 Å². The lowest BCUT2D eigenvalue weighted by Crippen LogP contribution is -2.51. The zero-order valence-electron chi connectivity index (χ0n) is 20.0. The van der Waals surface area contributed by atoms with Gasteiger partial charge in [-0.15, -0.1) is 0 Å². The van der Waals surface area contributed by atoms with Crippen LogP contribution in [0.4, 0.5) is 0 Å². The van der Waals surface area contributed by atoms with E-state index in [0.29, 0.717) is 17.9 Å². The largest absolute Gasteiger partial charge is 0.341 e. The molecule has 1 fully saturated rings. The molecular formula is C30H34N2O2. The van der Waals surface area contributed by atoms with E-state index in [0.717, 1.165) is 44.3 Å². The molecule has 0 radical (unpaired) electrons. The van der Waals surface area contributed by atoms with Crippen LogP contribution in [0.3, 0.4) is 0 Å². The Bertz CT molecular complexity index is 1060. The molecule has 3 aromatic carbocycles. The number of hydrogen-bond acceptors (Lipinski definition) is 2. The molecule has 0 saturated carbocycles. The van der Waals surface area contributed by atoms with Gasteiger partial charge < -0.3 is 10.2 Å². The second kappa shape index (κ2) is 11.6. The van der Waals surface area contributed by atoms with Gasteiger partial charge in [-0.05, 0) is 60.4 Å². The molecule has 0 aromatic heterocycles. The van der Waals surface area contributed by atoms with E-state index in [2.05, 4.69) is 36.5 Å². The van der Waals surface area contributed by atoms with Crippen molar-refractivity contribution in [1.82, 2.24) is 10.2 Å². The normalized spacial score (nSPS) is 15.0. The number of piperidine rings is 1. The number of benzene rings is 3. The topological polar surface area (TPSA) is 49.4 Å². The summed E-state index contributed by atoms with van der Waals surface area (Å²) in [6.45, 7) is 3.57. The molecule has 4 nitrogen and oxygen atoms in total. The molecule has 1 unspecified atom stereocenters. The Labute approximate surface area is 203 Å². The monoisotopic (exact) mass is 454 g/mol. The van der Waals surface area contributed by atoms with Crippen LogP contribution in [0.5, 0.6) is 0 Å². The van der Waals surface area contributed by atoms with Crippen LogP contribution in [-0.4, -0.2) is 35.8 Å². The van der Waals surface area contributed by atoms with E-state index in [4.69, 9.17) is 0 Å². The predicted octanol–water partition coefficient (Wildman–Crippen LogP) is 5.07. The lowest BCUT2D eigenvalue weighted by molar-refractivity contribution is -0.134. The first-order valence-electron chi connectivity index (χ1n) is 12.4. The zero-order valence-corrected chi connectivity index (χ0v) is 20.0. The van der Waals surface area contributed by atoms with Crippen LogP contribution in [0.15, 0.2) is 84.9 Å². The first kappa shape index (κ1) is 23.7. The van der Waals surface area contributed by atoms with Crippen molar-refractivity contribution in [3.63, 3.8) is 0 Å². The minimum absolute atomic E-state index is 0.0144. The molecule has 1 heterocycles. The summed E-state index contributed by atoms with van der Waals surface area (Å²) in [5.41, 5.74) is 4.17. The highest BCUT2D eigenvalue weighted by atomic mass is 16.2. The maximum absolute atomic E-state index is 13.5. The molecule has 4 heteroatoms. The lowest BCUT2D eigenvalue weighted by atomic mass is 9.90. The Hall–Kier alpha value is -3.40. The fourth-order valence-corrected chi connectivity index (χ4v) is 4.71. The van der Waals surface area contributed by atoms with Crippen molar-refractivity contribution in [1.29, 1.82) is 0 Å². The van der Waals surface area contributed by atoms with Crippen LogP contribution in [-0.2, 0) is 24.1 Å². The van der Waals surface area contributed by atoms with Gasteiger partial charge >= 0.3 is 0 Å². The zero-order chi connectivity index (χ0) is 23.8. The molecule has 1 aliphatic rings. The molecule has 0 aliphatic carbocycles. The van der Waals surface area contributed by atoms with Gasteiger partial charge in [0.1, 0.15) is 6.04 Å². The molecular weight excluding hydrogens is 420 g/mol. The number of aryl methyl sites for hydroxylation is 1. The van der Waals surface area contributed by atoms with Crippen LogP contribution in [0.2, 0.25) is 0 Å². The number of nitrogens with zero attached hydrogens (tertiary/aromatic N) is 1. The third kappa shape index (κ3) is 6.34. The maximum atomic E-state index is 13.5. The van der Waals surface area contributed by atoms with E-state index in [9.17, 15) is 9.59 Å². The summed E-state index contributed by atoms with van der Waals surface area (Å²) in [4.78, 5) is 28.5. The average molecular weight is 455 g/mol. The van der Waals surface area contributed by atoms with Gasteiger partial charge in [0.2, 0.25) is 5.91 Å². The summed E-state index contributed by atoms with van der Waals surface area (Å²) in [6.07, 6.45) is 4.46. The molecule has 1 saturated heterocycles. The second-order valence-electron chi connectivity index (χ2n) is 9.22. The quantitative estimate of drug-likeness (QED) is 0.517. The van der Waals surface area contributed by atoms with Gasteiger partial charge in [0, 0.05) is 25.1 Å². The van der Waals surface area contributed by atoms with Crippen LogP contribution in [0.1, 0.15) is 46.8 Å². The Morgan fingerprint density at radius 1 is 0.824 bits per heavy atom. The number of nitrogens with one attached hydrogen (secondary N) is 1. The van der Waals surface area contributed by atoms with E-state index < -0.39 is 6.04 Å². The van der Waals surface area contributed by atoms with Gasteiger partial charge in [0.15, 0.2) is 0 Å². The summed E-state index contributed by atoms with van der Waals surface area (Å²) >= 11 is 0. The number of carbonyl (C=O) groups is 2. The standard InChI is InChI=1S/C30H34N2O2/c1-2-23-13-15-27(16-14-23)29(33)31-28(22-25-11-7-4-8-12-25)30(34)32-19-17-26(18-20-32)21-24-9-5-3-6-10-24/h3-16,26,28H,2,17-22H2,1H3,(H,31,33). The van der Waals surface area contributed by atoms with Crippen LogP contribution in [0, 0.1) is 5.92 Å². The first-order chi connectivity index (χ1) is 16.6. The third-order valence-corrected chi connectivity index (χ3v) is 6.80. The first-order valence-corrected chi connectivity index (χ1v) is 12.4. The molecule has 2 amide bonds. The fourth-order valence-electron chi connectivity index (χ4n) is 4.71. The Kier molecular flexibility index (Phi) is 8.13. The molecule has 1 aliphatic heterocycles. The number of rotatable bonds is 8. The molecule has 34 heavy (non-hydrogen) atoms. The molecule has 0 spiro atoms. The van der Waals surface area contributed by atoms with Crippen LogP contribution < -0.4 is 5.32 Å². The van der Waals surface area contributed by atoms with Crippen molar-refractivity contribution in [2.75, 3.05) is 13.1 Å². The minimum Gasteiger partial charge on any atom is -0.341 e. The maximum Gasteiger partial charge on any atom is 0.251 e. The van der Waals surface area contributed by atoms with Gasteiger partial charge in [-0.1, -0.05) is 79.7 Å². The van der Waals surface area contributed by atoms with Crippen molar-refractivity contribution >= 4 is 11.8 Å². The van der Waals surface area contributed by atoms with Crippen molar-refractivity contribution in [3.8, 4) is 0 Å². The van der Waals surface area contributed by atoms with Gasteiger partial charge in [-0.25, -0.2) is 0 Å². The van der Waals surface area contributed by atoms with E-state index in [1.807, 2.05) is 65.6 Å². The van der Waals surface area contributed by atoms with E-state index >= 15 is 0 Å². The Morgan fingerprint density at radius 3 is 2.00 bits per heavy atom. The van der Waals surface area contributed by atoms with Gasteiger partial charge in [-0.3, -0.25) is 9.59 Å². The van der Waals surface area contributed by atoms with Crippen molar-refractivity contribution in [2.45, 2.75) is 45.1 Å². The van der Waals surface area contributed by atoms with Gasteiger partial charge in [0.25, 0.3) is 5.91 Å². The smallest absolute Gasteiger partial charge is 0.251 e. The summed E-state index contributed by atoms with van der Waals surface area (Å²) in [5.74, 6) is 0.405. The number of amides is 2. The summed E-state index contributed by atoms with van der Waals surface area (Å²) in [7, 11) is 0. The van der Waals surface area contributed by atoms with Crippen molar-refractivity contribution < 1.29 is 9.59 Å². The number of carbonyl (C=O) groups excluding carboxylic acids is 2. The fraction of sp³-hybridized carbons (Fsp3) is 0.333. The lowest BCUT2D eigenvalue weighted by Gasteiger charge is -2.34. The second-order valence-corrected chi connectivity index (χ2v) is 9.22. The average Bonchev–Trinajstić information content (AvgIpc) is 2.89. The SMILES string of the molecule is CCc1ccc(C(=O)NC(Cc2ccccc2)C(=O)N2CCC(Cc3ccccc3)CC2)cc1. The highest BCUT2D eigenvalue weighted by molar-refractivity contribution is 5.97. The van der Waals surface area contributed by atoms with Gasteiger partial charge in [0.05, 0.1) is 0 Å². The van der Waals surface area contributed by atoms with E-state index in [-0.39, 0.29) is 11.8 Å². The summed E-state index contributed by atoms with van der Waals surface area (Å²) in [6, 6.07) is 27.5. The summed E-state index contributed by atoms with van der Waals surface area (Å²) < 4.78 is 0. The van der Waals surface area contributed by atoms with E-state index in [1.165, 1.54) is 11.1 Å². The highest BCUT2D eigenvalue weighted by Gasteiger charge is 2.30. The van der Waals surface area contributed by atoms with Crippen molar-refractivity contribution in [3.05, 3.63) is 107 Å². The molecule has 3 aromatic rings. The Morgan fingerprint density at radius 2 is 1.41 bits per heavy atom. The molecule has 4 rings (SSSR count). The minimum atomic E-state index is -0.577. The van der Waals surface area contributed by atoms with Gasteiger partial charge in [-0.2, -0.15) is 0 Å². The third-order valence-electron chi connectivity index (χ3n) is 6.80. The van der Waals surface area contributed by atoms with Crippen molar-refractivity contribution in [2.24, 2.45) is 5.92 Å². The predicted molar refractivity (Wildman–Crippen MR) is 137 cm³/mol. The Balaban J connectivity index is 1.41. The molecule has 176 valence electrons. The molecule has 0 bridgehead atoms.